The molecule has 1 aromatic carbocycles. The van der Waals surface area contributed by atoms with Gasteiger partial charge >= 0.3 is 6.09 Å². The maximum atomic E-state index is 12.9. The minimum Gasteiger partial charge on any atom is -0.443 e. The minimum atomic E-state index is -0.741. The van der Waals surface area contributed by atoms with Gasteiger partial charge in [-0.15, -0.1) is 0 Å². The van der Waals surface area contributed by atoms with Crippen molar-refractivity contribution in [3.8, 4) is 0 Å². The maximum absolute atomic E-state index is 12.9. The standard InChI is InChI=1S/C24H34N4O3/c1-2-6-27-22(29)20(11-15-4-3-5-19(10-15)21(25)26)28-23(30)31-24-12-16-7-17(13-24)9-18(8-16)14-24/h3-5,10,16-18,20H,2,6-9,11-14H2,1H3,(H3,25,26)(H,27,29)(H,28,30)/t16?,17?,18?,20-,24?/m0/s1. The summed E-state index contributed by atoms with van der Waals surface area (Å²) in [6.07, 6.45) is 7.33. The predicted octanol–water partition coefficient (Wildman–Crippen LogP) is 3.10. The van der Waals surface area contributed by atoms with E-state index in [-0.39, 0.29) is 17.3 Å². The van der Waals surface area contributed by atoms with Gasteiger partial charge in [0.05, 0.1) is 0 Å². The number of nitrogens with one attached hydrogen (secondary N) is 3. The fourth-order valence-corrected chi connectivity index (χ4v) is 6.21. The lowest BCUT2D eigenvalue weighted by Gasteiger charge is -2.55. The second-order valence-corrected chi connectivity index (χ2v) is 9.80. The third-order valence-corrected chi connectivity index (χ3v) is 7.13. The Morgan fingerprint density at radius 3 is 2.42 bits per heavy atom. The van der Waals surface area contributed by atoms with E-state index in [4.69, 9.17) is 15.9 Å². The first kappa shape index (κ1) is 21.7. The van der Waals surface area contributed by atoms with E-state index in [0.717, 1.165) is 31.2 Å². The van der Waals surface area contributed by atoms with Crippen LogP contribution in [0.15, 0.2) is 24.3 Å². The highest BCUT2D eigenvalue weighted by atomic mass is 16.6. The Balaban J connectivity index is 1.44. The first-order valence-electron chi connectivity index (χ1n) is 11.6. The molecule has 1 atom stereocenters. The van der Waals surface area contributed by atoms with Gasteiger partial charge in [-0.25, -0.2) is 4.79 Å². The number of carbonyl (C=O) groups is 2. The summed E-state index contributed by atoms with van der Waals surface area (Å²) in [6.45, 7) is 2.54. The Hall–Kier alpha value is -2.57. The van der Waals surface area contributed by atoms with Crippen molar-refractivity contribution in [2.24, 2.45) is 23.5 Å². The molecule has 31 heavy (non-hydrogen) atoms. The first-order chi connectivity index (χ1) is 14.9. The number of benzene rings is 1. The number of nitrogens with two attached hydrogens (primary N) is 1. The molecule has 168 valence electrons. The molecule has 5 rings (SSSR count). The largest absolute Gasteiger partial charge is 0.443 e. The van der Waals surface area contributed by atoms with Gasteiger partial charge in [-0.1, -0.05) is 25.1 Å². The monoisotopic (exact) mass is 426 g/mol. The van der Waals surface area contributed by atoms with Crippen LogP contribution in [0.2, 0.25) is 0 Å². The van der Waals surface area contributed by atoms with Crippen molar-refractivity contribution in [2.45, 2.75) is 69.9 Å². The highest BCUT2D eigenvalue weighted by molar-refractivity contribution is 5.95. The SMILES string of the molecule is CCCNC(=O)[C@H](Cc1cccc(C(=N)N)c1)NC(=O)OC12CC3CC(CC(C3)C1)C2. The summed E-state index contributed by atoms with van der Waals surface area (Å²) in [7, 11) is 0. The van der Waals surface area contributed by atoms with Gasteiger partial charge in [-0.2, -0.15) is 0 Å². The fourth-order valence-electron chi connectivity index (χ4n) is 6.21. The molecular formula is C24H34N4O3. The van der Waals surface area contributed by atoms with E-state index in [0.29, 0.717) is 36.3 Å². The number of hydrogen-bond donors (Lipinski definition) is 4. The van der Waals surface area contributed by atoms with Gasteiger partial charge < -0.3 is 21.1 Å². The average Bonchev–Trinajstić information content (AvgIpc) is 2.70. The number of alkyl carbamates (subject to hydrolysis) is 1. The van der Waals surface area contributed by atoms with Gasteiger partial charge in [0.25, 0.3) is 0 Å². The van der Waals surface area contributed by atoms with Gasteiger partial charge in [0.15, 0.2) is 0 Å². The maximum Gasteiger partial charge on any atom is 0.408 e. The summed E-state index contributed by atoms with van der Waals surface area (Å²) in [5, 5.41) is 13.4. The summed E-state index contributed by atoms with van der Waals surface area (Å²) in [4.78, 5) is 25.7. The van der Waals surface area contributed by atoms with Crippen LogP contribution in [0.1, 0.15) is 63.0 Å². The predicted molar refractivity (Wildman–Crippen MR) is 119 cm³/mol. The summed E-state index contributed by atoms with van der Waals surface area (Å²) in [5.41, 5.74) is 6.68. The van der Waals surface area contributed by atoms with Crippen LogP contribution in [0, 0.1) is 23.2 Å². The van der Waals surface area contributed by atoms with E-state index in [2.05, 4.69) is 10.6 Å². The van der Waals surface area contributed by atoms with E-state index < -0.39 is 12.1 Å². The molecule has 0 saturated heterocycles. The summed E-state index contributed by atoms with van der Waals surface area (Å²) in [5.74, 6) is 1.78. The second-order valence-electron chi connectivity index (χ2n) is 9.80. The zero-order valence-electron chi connectivity index (χ0n) is 18.3. The minimum absolute atomic E-state index is 0.0250. The summed E-state index contributed by atoms with van der Waals surface area (Å²) < 4.78 is 6.05. The number of ether oxygens (including phenoxy) is 1. The van der Waals surface area contributed by atoms with Crippen LogP contribution in [0.4, 0.5) is 4.79 Å². The molecule has 4 saturated carbocycles. The van der Waals surface area contributed by atoms with Crippen LogP contribution in [-0.4, -0.2) is 36.0 Å². The van der Waals surface area contributed by atoms with Crippen LogP contribution in [0.3, 0.4) is 0 Å². The number of amides is 2. The van der Waals surface area contributed by atoms with Crippen LogP contribution >= 0.6 is 0 Å². The van der Waals surface area contributed by atoms with Gasteiger partial charge in [0, 0.05) is 18.5 Å². The molecule has 7 nitrogen and oxygen atoms in total. The quantitative estimate of drug-likeness (QED) is 0.377. The molecule has 4 fully saturated rings. The van der Waals surface area contributed by atoms with Crippen LogP contribution in [0.25, 0.3) is 0 Å². The zero-order valence-corrected chi connectivity index (χ0v) is 18.3. The first-order valence-corrected chi connectivity index (χ1v) is 11.6. The molecule has 0 aromatic heterocycles. The van der Waals surface area contributed by atoms with Crippen molar-refractivity contribution in [3.05, 3.63) is 35.4 Å². The van der Waals surface area contributed by atoms with Gasteiger partial charge in [-0.05, 0) is 74.3 Å². The smallest absolute Gasteiger partial charge is 0.408 e. The molecular weight excluding hydrogens is 392 g/mol. The molecule has 5 N–H and O–H groups in total. The van der Waals surface area contributed by atoms with Crippen LogP contribution in [0.5, 0.6) is 0 Å². The van der Waals surface area contributed by atoms with E-state index in [1.807, 2.05) is 13.0 Å². The van der Waals surface area contributed by atoms with Crippen LogP contribution < -0.4 is 16.4 Å². The molecule has 0 spiro atoms. The molecule has 0 radical (unpaired) electrons. The molecule has 4 aliphatic rings. The molecule has 0 unspecified atom stereocenters. The number of amidine groups is 1. The van der Waals surface area contributed by atoms with Gasteiger partial charge in [-0.3, -0.25) is 10.2 Å². The normalized spacial score (nSPS) is 29.3. The molecule has 0 heterocycles. The van der Waals surface area contributed by atoms with Crippen molar-refractivity contribution >= 4 is 17.8 Å². The number of hydrogen-bond acceptors (Lipinski definition) is 4. The second kappa shape index (κ2) is 8.89. The third-order valence-electron chi connectivity index (χ3n) is 7.13. The molecule has 4 bridgehead atoms. The Morgan fingerprint density at radius 1 is 1.19 bits per heavy atom. The lowest BCUT2D eigenvalue weighted by molar-refractivity contribution is -0.131. The van der Waals surface area contributed by atoms with Crippen molar-refractivity contribution in [1.29, 1.82) is 5.41 Å². The Bertz CT molecular complexity index is 818. The van der Waals surface area contributed by atoms with Gasteiger partial charge in [0.1, 0.15) is 17.5 Å². The zero-order chi connectivity index (χ0) is 22.0. The van der Waals surface area contributed by atoms with E-state index in [1.165, 1.54) is 19.3 Å². The van der Waals surface area contributed by atoms with Crippen LogP contribution in [-0.2, 0) is 16.0 Å². The highest BCUT2D eigenvalue weighted by Gasteiger charge is 2.53. The third kappa shape index (κ3) is 5.02. The Morgan fingerprint density at radius 2 is 1.84 bits per heavy atom. The molecule has 1 aromatic rings. The van der Waals surface area contributed by atoms with Crippen molar-refractivity contribution in [3.63, 3.8) is 0 Å². The summed E-state index contributed by atoms with van der Waals surface area (Å²) >= 11 is 0. The fraction of sp³-hybridized carbons (Fsp3) is 0.625. The van der Waals surface area contributed by atoms with Gasteiger partial charge in [0.2, 0.25) is 5.91 Å². The number of rotatable bonds is 8. The Labute approximate surface area is 184 Å². The molecule has 0 aliphatic heterocycles. The highest BCUT2D eigenvalue weighted by Crippen LogP contribution is 2.57. The van der Waals surface area contributed by atoms with Crippen molar-refractivity contribution in [1.82, 2.24) is 10.6 Å². The van der Waals surface area contributed by atoms with E-state index in [1.54, 1.807) is 18.2 Å². The van der Waals surface area contributed by atoms with E-state index in [9.17, 15) is 9.59 Å². The van der Waals surface area contributed by atoms with E-state index >= 15 is 0 Å². The lowest BCUT2D eigenvalue weighted by atomic mass is 9.54. The molecule has 7 heteroatoms. The lowest BCUT2D eigenvalue weighted by Crippen LogP contribution is -2.55. The average molecular weight is 427 g/mol. The number of carbonyl (C=O) groups excluding carboxylic acids is 2. The summed E-state index contributed by atoms with van der Waals surface area (Å²) in [6, 6.07) is 6.48. The number of nitrogen functional groups attached to an aromatic ring is 1. The van der Waals surface area contributed by atoms with Crippen molar-refractivity contribution < 1.29 is 14.3 Å². The van der Waals surface area contributed by atoms with Crippen molar-refractivity contribution in [2.75, 3.05) is 6.54 Å². The molecule has 4 aliphatic carbocycles. The topological polar surface area (TPSA) is 117 Å². The molecule has 2 amide bonds. The Kier molecular flexibility index (Phi) is 6.21.